The van der Waals surface area contributed by atoms with Gasteiger partial charge in [-0.05, 0) is 38.1 Å². The van der Waals surface area contributed by atoms with Gasteiger partial charge in [-0.2, -0.15) is 5.26 Å². The highest BCUT2D eigenvalue weighted by Gasteiger charge is 2.18. The van der Waals surface area contributed by atoms with Gasteiger partial charge in [0, 0.05) is 11.1 Å². The standard InChI is InChI=1S/C19H15ClN4OS/c1-11(18(25)24-14-8-7-13(10-21)16(20)9-14)26-19-15-5-3-4-6-17(15)22-12(2)23-19/h3-9,11H,1-2H3,(H,24,25). The minimum atomic E-state index is -0.373. The second kappa shape index (κ2) is 7.73. The molecule has 7 heteroatoms. The van der Waals surface area contributed by atoms with Crippen molar-refractivity contribution in [3.8, 4) is 6.07 Å². The Morgan fingerprint density at radius 2 is 2.04 bits per heavy atom. The first-order valence-corrected chi connectivity index (χ1v) is 9.14. The lowest BCUT2D eigenvalue weighted by molar-refractivity contribution is -0.115. The van der Waals surface area contributed by atoms with Gasteiger partial charge in [-0.25, -0.2) is 9.97 Å². The van der Waals surface area contributed by atoms with Crippen molar-refractivity contribution >= 4 is 45.9 Å². The number of nitriles is 1. The van der Waals surface area contributed by atoms with Crippen LogP contribution in [0, 0.1) is 18.3 Å². The maximum atomic E-state index is 12.5. The smallest absolute Gasteiger partial charge is 0.237 e. The van der Waals surface area contributed by atoms with E-state index >= 15 is 0 Å². The molecular weight excluding hydrogens is 368 g/mol. The SMILES string of the molecule is Cc1nc(SC(C)C(=O)Nc2ccc(C#N)c(Cl)c2)c2ccccc2n1. The summed E-state index contributed by atoms with van der Waals surface area (Å²) in [7, 11) is 0. The van der Waals surface area contributed by atoms with E-state index < -0.39 is 0 Å². The van der Waals surface area contributed by atoms with Crippen LogP contribution in [0.1, 0.15) is 18.3 Å². The van der Waals surface area contributed by atoms with E-state index in [1.807, 2.05) is 44.2 Å². The lowest BCUT2D eigenvalue weighted by atomic mass is 10.2. The van der Waals surface area contributed by atoms with E-state index in [1.165, 1.54) is 11.8 Å². The van der Waals surface area contributed by atoms with E-state index in [2.05, 4.69) is 15.3 Å². The predicted octanol–water partition coefficient (Wildman–Crippen LogP) is 4.58. The fraction of sp³-hybridized carbons (Fsp3) is 0.158. The Kier molecular flexibility index (Phi) is 5.40. The Morgan fingerprint density at radius 1 is 1.27 bits per heavy atom. The molecule has 1 N–H and O–H groups in total. The molecule has 0 radical (unpaired) electrons. The number of thioether (sulfide) groups is 1. The average molecular weight is 383 g/mol. The van der Waals surface area contributed by atoms with Gasteiger partial charge in [-0.1, -0.05) is 41.6 Å². The molecule has 0 spiro atoms. The number of benzene rings is 2. The third kappa shape index (κ3) is 3.96. The largest absolute Gasteiger partial charge is 0.325 e. The number of fused-ring (bicyclic) bond motifs is 1. The zero-order valence-corrected chi connectivity index (χ0v) is 15.7. The molecule has 1 amide bonds. The van der Waals surface area contributed by atoms with Crippen LogP contribution in [-0.4, -0.2) is 21.1 Å². The van der Waals surface area contributed by atoms with Crippen LogP contribution in [0.2, 0.25) is 5.02 Å². The van der Waals surface area contributed by atoms with Crippen molar-refractivity contribution in [3.63, 3.8) is 0 Å². The monoisotopic (exact) mass is 382 g/mol. The summed E-state index contributed by atoms with van der Waals surface area (Å²) in [6, 6.07) is 14.5. The lowest BCUT2D eigenvalue weighted by Crippen LogP contribution is -2.22. The van der Waals surface area contributed by atoms with Crippen molar-refractivity contribution in [1.29, 1.82) is 5.26 Å². The molecule has 130 valence electrons. The third-order valence-electron chi connectivity index (χ3n) is 3.69. The Balaban J connectivity index is 1.78. The topological polar surface area (TPSA) is 78.7 Å². The molecule has 0 bridgehead atoms. The average Bonchev–Trinajstić information content (AvgIpc) is 2.61. The van der Waals surface area contributed by atoms with Crippen molar-refractivity contribution in [1.82, 2.24) is 9.97 Å². The second-order valence-corrected chi connectivity index (χ2v) is 7.39. The van der Waals surface area contributed by atoms with Gasteiger partial charge in [-0.3, -0.25) is 4.79 Å². The summed E-state index contributed by atoms with van der Waals surface area (Å²) in [6.45, 7) is 3.65. The number of hydrogen-bond acceptors (Lipinski definition) is 5. The number of rotatable bonds is 4. The molecule has 1 aromatic heterocycles. The first-order chi connectivity index (χ1) is 12.5. The number of aryl methyl sites for hydroxylation is 1. The number of anilines is 1. The summed E-state index contributed by atoms with van der Waals surface area (Å²) in [5, 5.41) is 13.4. The molecule has 0 saturated carbocycles. The zero-order valence-electron chi connectivity index (χ0n) is 14.2. The molecule has 0 aliphatic rings. The molecule has 0 saturated heterocycles. The number of nitrogens with one attached hydrogen (secondary N) is 1. The van der Waals surface area contributed by atoms with E-state index in [9.17, 15) is 4.79 Å². The summed E-state index contributed by atoms with van der Waals surface area (Å²) in [4.78, 5) is 21.4. The Hall–Kier alpha value is -2.62. The highest BCUT2D eigenvalue weighted by molar-refractivity contribution is 8.00. The first kappa shape index (κ1) is 18.2. The normalized spacial score (nSPS) is 11.8. The van der Waals surface area contributed by atoms with Gasteiger partial charge in [-0.15, -0.1) is 0 Å². The van der Waals surface area contributed by atoms with Gasteiger partial charge in [0.15, 0.2) is 0 Å². The summed E-state index contributed by atoms with van der Waals surface area (Å²) >= 11 is 7.39. The van der Waals surface area contributed by atoms with Crippen LogP contribution >= 0.6 is 23.4 Å². The van der Waals surface area contributed by atoms with Crippen LogP contribution < -0.4 is 5.32 Å². The Bertz CT molecular complexity index is 1030. The van der Waals surface area contributed by atoms with E-state index in [1.54, 1.807) is 18.2 Å². The van der Waals surface area contributed by atoms with Crippen molar-refractivity contribution in [3.05, 3.63) is 58.9 Å². The van der Waals surface area contributed by atoms with Gasteiger partial charge in [0.25, 0.3) is 0 Å². The number of carbonyl (C=O) groups is 1. The number of amides is 1. The van der Waals surface area contributed by atoms with Gasteiger partial charge in [0.05, 0.1) is 21.4 Å². The van der Waals surface area contributed by atoms with Crippen LogP contribution in [0.4, 0.5) is 5.69 Å². The van der Waals surface area contributed by atoms with E-state index in [-0.39, 0.29) is 11.2 Å². The summed E-state index contributed by atoms with van der Waals surface area (Å²) in [5.41, 5.74) is 1.78. The second-order valence-electron chi connectivity index (χ2n) is 5.65. The molecule has 1 unspecified atom stereocenters. The van der Waals surface area contributed by atoms with Crippen molar-refractivity contribution in [2.24, 2.45) is 0 Å². The highest BCUT2D eigenvalue weighted by Crippen LogP contribution is 2.29. The molecule has 5 nitrogen and oxygen atoms in total. The molecule has 1 atom stereocenters. The van der Waals surface area contributed by atoms with Gasteiger partial charge < -0.3 is 5.32 Å². The molecule has 0 fully saturated rings. The van der Waals surface area contributed by atoms with Crippen LogP contribution in [0.3, 0.4) is 0 Å². The Labute approximate surface area is 160 Å². The molecule has 2 aromatic carbocycles. The molecule has 1 heterocycles. The number of halogens is 1. The van der Waals surface area contributed by atoms with E-state index in [4.69, 9.17) is 16.9 Å². The van der Waals surface area contributed by atoms with Gasteiger partial charge >= 0.3 is 0 Å². The molecule has 26 heavy (non-hydrogen) atoms. The van der Waals surface area contributed by atoms with E-state index in [0.29, 0.717) is 22.1 Å². The predicted molar refractivity (Wildman–Crippen MR) is 104 cm³/mol. The minimum absolute atomic E-state index is 0.170. The van der Waals surface area contributed by atoms with Crippen LogP contribution in [0.25, 0.3) is 10.9 Å². The maximum absolute atomic E-state index is 12.5. The number of para-hydroxylation sites is 1. The van der Waals surface area contributed by atoms with Crippen molar-refractivity contribution in [2.75, 3.05) is 5.32 Å². The van der Waals surface area contributed by atoms with Gasteiger partial charge in [0.2, 0.25) is 5.91 Å². The van der Waals surface area contributed by atoms with Crippen molar-refractivity contribution < 1.29 is 4.79 Å². The van der Waals surface area contributed by atoms with Crippen LogP contribution in [0.15, 0.2) is 47.5 Å². The summed E-state index contributed by atoms with van der Waals surface area (Å²) in [5.74, 6) is 0.494. The van der Waals surface area contributed by atoms with E-state index in [0.717, 1.165) is 15.9 Å². The fourth-order valence-corrected chi connectivity index (χ4v) is 3.60. The zero-order chi connectivity index (χ0) is 18.7. The van der Waals surface area contributed by atoms with Crippen LogP contribution in [0.5, 0.6) is 0 Å². The molecular formula is C19H15ClN4OS. The number of hydrogen-bond donors (Lipinski definition) is 1. The lowest BCUT2D eigenvalue weighted by Gasteiger charge is -2.13. The number of carbonyl (C=O) groups excluding carboxylic acids is 1. The van der Waals surface area contributed by atoms with Crippen LogP contribution in [-0.2, 0) is 4.79 Å². The van der Waals surface area contributed by atoms with Crippen molar-refractivity contribution in [2.45, 2.75) is 24.1 Å². The van der Waals surface area contributed by atoms with Gasteiger partial charge in [0.1, 0.15) is 16.9 Å². The molecule has 0 aliphatic carbocycles. The number of nitrogens with zero attached hydrogens (tertiary/aromatic N) is 3. The molecule has 3 aromatic rings. The maximum Gasteiger partial charge on any atom is 0.237 e. The summed E-state index contributed by atoms with van der Waals surface area (Å²) in [6.07, 6.45) is 0. The first-order valence-electron chi connectivity index (χ1n) is 7.88. The highest BCUT2D eigenvalue weighted by atomic mass is 35.5. The Morgan fingerprint density at radius 3 is 2.77 bits per heavy atom. The number of aromatic nitrogens is 2. The minimum Gasteiger partial charge on any atom is -0.325 e. The fourth-order valence-electron chi connectivity index (χ4n) is 2.40. The quantitative estimate of drug-likeness (QED) is 0.527. The summed E-state index contributed by atoms with van der Waals surface area (Å²) < 4.78 is 0. The molecule has 0 aliphatic heterocycles. The molecule has 3 rings (SSSR count). The third-order valence-corrected chi connectivity index (χ3v) is 5.11.